The molecule has 0 fully saturated rings. The molecule has 0 aliphatic heterocycles. The number of rotatable bonds is 5. The first-order valence-electron chi connectivity index (χ1n) is 6.23. The first-order valence-corrected chi connectivity index (χ1v) is 7.11. The van der Waals surface area contributed by atoms with Crippen LogP contribution in [-0.4, -0.2) is 20.2 Å². The van der Waals surface area contributed by atoms with E-state index in [0.29, 0.717) is 6.54 Å². The van der Waals surface area contributed by atoms with Gasteiger partial charge in [0.1, 0.15) is 0 Å². The summed E-state index contributed by atoms with van der Waals surface area (Å²) in [6.45, 7) is 4.43. The van der Waals surface area contributed by atoms with Gasteiger partial charge in [0.15, 0.2) is 0 Å². The second-order valence-electron chi connectivity index (χ2n) is 4.73. The van der Waals surface area contributed by atoms with E-state index in [2.05, 4.69) is 0 Å². The van der Waals surface area contributed by atoms with Crippen molar-refractivity contribution in [3.63, 3.8) is 0 Å². The van der Waals surface area contributed by atoms with Gasteiger partial charge in [-0.1, -0.05) is 0 Å². The molecule has 0 atom stereocenters. The van der Waals surface area contributed by atoms with E-state index in [1.54, 1.807) is 27.6 Å². The van der Waals surface area contributed by atoms with E-state index >= 15 is 0 Å². The van der Waals surface area contributed by atoms with Crippen molar-refractivity contribution in [2.45, 2.75) is 26.4 Å². The summed E-state index contributed by atoms with van der Waals surface area (Å²) < 4.78 is 3.33. The highest BCUT2D eigenvalue weighted by Crippen LogP contribution is 2.17. The molecule has 0 aliphatic carbocycles. The van der Waals surface area contributed by atoms with Crippen LogP contribution in [0.2, 0.25) is 0 Å². The summed E-state index contributed by atoms with van der Waals surface area (Å²) in [4.78, 5) is 23.5. The van der Waals surface area contributed by atoms with Gasteiger partial charge in [0.25, 0.3) is 0 Å². The average molecular weight is 292 g/mol. The highest BCUT2D eigenvalue weighted by molar-refractivity contribution is 7.10. The first-order chi connectivity index (χ1) is 9.47. The van der Waals surface area contributed by atoms with Gasteiger partial charge in [-0.25, -0.2) is 9.59 Å². The Morgan fingerprint density at radius 2 is 2.20 bits per heavy atom. The lowest BCUT2D eigenvalue weighted by molar-refractivity contribution is -0.131. The Labute approximate surface area is 120 Å². The second-order valence-corrected chi connectivity index (χ2v) is 5.72. The van der Waals surface area contributed by atoms with E-state index in [4.69, 9.17) is 5.11 Å². The molecule has 0 saturated carbocycles. The molecule has 0 saturated heterocycles. The predicted molar refractivity (Wildman–Crippen MR) is 79.2 cm³/mol. The van der Waals surface area contributed by atoms with E-state index < -0.39 is 5.97 Å². The van der Waals surface area contributed by atoms with Crippen molar-refractivity contribution in [1.82, 2.24) is 9.13 Å². The quantitative estimate of drug-likeness (QED) is 0.861. The fourth-order valence-electron chi connectivity index (χ4n) is 1.84. The highest BCUT2D eigenvalue weighted by Gasteiger charge is 2.07. The number of hydrogen-bond donors (Lipinski definition) is 1. The van der Waals surface area contributed by atoms with E-state index in [9.17, 15) is 9.59 Å². The number of carboxylic acids is 1. The maximum atomic E-state index is 12.1. The number of aliphatic carboxylic acids is 1. The third-order valence-corrected chi connectivity index (χ3v) is 3.79. The molecule has 5 nitrogen and oxygen atoms in total. The number of imidazole rings is 1. The Bertz CT molecular complexity index is 691. The Hall–Kier alpha value is -2.08. The summed E-state index contributed by atoms with van der Waals surface area (Å²) in [5, 5.41) is 10.5. The summed E-state index contributed by atoms with van der Waals surface area (Å²) in [7, 11) is 0. The molecular formula is C14H16N2O3S. The maximum absolute atomic E-state index is 12.1. The van der Waals surface area contributed by atoms with Crippen LogP contribution in [0.15, 0.2) is 34.7 Å². The lowest BCUT2D eigenvalue weighted by Crippen LogP contribution is -2.25. The minimum atomic E-state index is -0.969. The van der Waals surface area contributed by atoms with Crippen LogP contribution in [0, 0.1) is 0 Å². The van der Waals surface area contributed by atoms with Gasteiger partial charge in [0.2, 0.25) is 0 Å². The minimum absolute atomic E-state index is 0.0315. The van der Waals surface area contributed by atoms with Crippen molar-refractivity contribution < 1.29 is 9.90 Å². The molecule has 0 aromatic carbocycles. The van der Waals surface area contributed by atoms with Gasteiger partial charge in [0.05, 0.1) is 6.54 Å². The first kappa shape index (κ1) is 14.3. The van der Waals surface area contributed by atoms with Crippen LogP contribution in [-0.2, 0) is 11.3 Å². The second kappa shape index (κ2) is 5.92. The highest BCUT2D eigenvalue weighted by atomic mass is 32.1. The average Bonchev–Trinajstić information content (AvgIpc) is 2.95. The van der Waals surface area contributed by atoms with Crippen LogP contribution in [0.5, 0.6) is 0 Å². The fraction of sp³-hybridized carbons (Fsp3) is 0.286. The number of carbonyl (C=O) groups is 1. The Morgan fingerprint density at radius 3 is 2.80 bits per heavy atom. The third-order valence-electron chi connectivity index (χ3n) is 2.85. The zero-order chi connectivity index (χ0) is 14.7. The van der Waals surface area contributed by atoms with Crippen molar-refractivity contribution >= 4 is 23.4 Å². The molecule has 0 unspecified atom stereocenters. The fourth-order valence-corrected chi connectivity index (χ4v) is 2.70. The lowest BCUT2D eigenvalue weighted by Gasteiger charge is -2.04. The standard InChI is InChI=1S/C14H16N2O3S/c1-10(2)16-6-5-15(14(16)19)8-12-7-11(9-20-12)3-4-13(17)18/h3-7,9-10H,8H2,1-2H3,(H,17,18)/b4-3+. The molecule has 2 heterocycles. The maximum Gasteiger partial charge on any atom is 0.328 e. The predicted octanol–water partition coefficient (Wildman–Crippen LogP) is 2.44. The van der Waals surface area contributed by atoms with Gasteiger partial charge in [-0.15, -0.1) is 11.3 Å². The van der Waals surface area contributed by atoms with Crippen LogP contribution in [0.3, 0.4) is 0 Å². The molecule has 0 spiro atoms. The summed E-state index contributed by atoms with van der Waals surface area (Å²) in [5.74, 6) is -0.969. The van der Waals surface area contributed by atoms with Gasteiger partial charge in [0, 0.05) is 29.4 Å². The topological polar surface area (TPSA) is 64.2 Å². The largest absolute Gasteiger partial charge is 0.478 e. The normalized spacial score (nSPS) is 11.6. The smallest absolute Gasteiger partial charge is 0.328 e. The Balaban J connectivity index is 2.15. The third kappa shape index (κ3) is 3.27. The van der Waals surface area contributed by atoms with Crippen LogP contribution in [0.25, 0.3) is 6.08 Å². The summed E-state index contributed by atoms with van der Waals surface area (Å²) in [5.41, 5.74) is 0.805. The van der Waals surface area contributed by atoms with Gasteiger partial charge in [-0.05, 0) is 36.9 Å². The van der Waals surface area contributed by atoms with E-state index in [-0.39, 0.29) is 11.7 Å². The monoisotopic (exact) mass is 292 g/mol. The molecule has 106 valence electrons. The van der Waals surface area contributed by atoms with E-state index in [1.165, 1.54) is 11.3 Å². The van der Waals surface area contributed by atoms with Gasteiger partial charge in [-0.3, -0.25) is 9.13 Å². The number of nitrogens with zero attached hydrogens (tertiary/aromatic N) is 2. The summed E-state index contributed by atoms with van der Waals surface area (Å²) in [6, 6.07) is 2.03. The number of hydrogen-bond acceptors (Lipinski definition) is 3. The van der Waals surface area contributed by atoms with Gasteiger partial charge < -0.3 is 5.11 Å². The summed E-state index contributed by atoms with van der Waals surface area (Å²) in [6.07, 6.45) is 6.21. The number of carboxylic acid groups (broad SMARTS) is 1. The van der Waals surface area contributed by atoms with E-state index in [1.807, 2.05) is 25.3 Å². The van der Waals surface area contributed by atoms with Crippen LogP contribution in [0.4, 0.5) is 0 Å². The number of thiophene rings is 1. The molecular weight excluding hydrogens is 276 g/mol. The van der Waals surface area contributed by atoms with Crippen molar-refractivity contribution in [2.75, 3.05) is 0 Å². The minimum Gasteiger partial charge on any atom is -0.478 e. The molecule has 0 aliphatic rings. The van der Waals surface area contributed by atoms with Crippen molar-refractivity contribution in [2.24, 2.45) is 0 Å². The van der Waals surface area contributed by atoms with Crippen molar-refractivity contribution in [3.8, 4) is 0 Å². The van der Waals surface area contributed by atoms with Crippen LogP contribution >= 0.6 is 11.3 Å². The molecule has 0 bridgehead atoms. The number of aromatic nitrogens is 2. The van der Waals surface area contributed by atoms with Crippen molar-refractivity contribution in [1.29, 1.82) is 0 Å². The van der Waals surface area contributed by atoms with Crippen LogP contribution in [0.1, 0.15) is 30.3 Å². The van der Waals surface area contributed by atoms with E-state index in [0.717, 1.165) is 16.5 Å². The Morgan fingerprint density at radius 1 is 1.45 bits per heavy atom. The zero-order valence-corrected chi connectivity index (χ0v) is 12.1. The molecule has 20 heavy (non-hydrogen) atoms. The summed E-state index contributed by atoms with van der Waals surface area (Å²) >= 11 is 1.51. The molecule has 0 radical (unpaired) electrons. The Kier molecular flexibility index (Phi) is 4.24. The molecule has 1 N–H and O–H groups in total. The molecule has 2 aromatic rings. The molecule has 0 amide bonds. The lowest BCUT2D eigenvalue weighted by atomic mass is 10.3. The molecule has 2 aromatic heterocycles. The van der Waals surface area contributed by atoms with Gasteiger partial charge >= 0.3 is 11.7 Å². The zero-order valence-electron chi connectivity index (χ0n) is 11.3. The SMILES string of the molecule is CC(C)n1ccn(Cc2cc(/C=C/C(=O)O)cs2)c1=O. The van der Waals surface area contributed by atoms with Crippen molar-refractivity contribution in [3.05, 3.63) is 50.8 Å². The van der Waals surface area contributed by atoms with Gasteiger partial charge in [-0.2, -0.15) is 0 Å². The van der Waals surface area contributed by atoms with Crippen LogP contribution < -0.4 is 5.69 Å². The molecule has 6 heteroatoms. The molecule has 2 rings (SSSR count).